The predicted molar refractivity (Wildman–Crippen MR) is 51.7 cm³/mol. The fourth-order valence-electron chi connectivity index (χ4n) is 1.00. The van der Waals surface area contributed by atoms with Crippen molar-refractivity contribution < 1.29 is 4.39 Å². The van der Waals surface area contributed by atoms with Crippen LogP contribution in [0.5, 0.6) is 0 Å². The maximum atomic E-state index is 13.1. The summed E-state index contributed by atoms with van der Waals surface area (Å²) in [7, 11) is 1.75. The van der Waals surface area contributed by atoms with Gasteiger partial charge in [0.2, 0.25) is 0 Å². The van der Waals surface area contributed by atoms with Gasteiger partial charge in [0.05, 0.1) is 0 Å². The van der Waals surface area contributed by atoms with Crippen molar-refractivity contribution in [2.45, 2.75) is 0 Å². The van der Waals surface area contributed by atoms with E-state index in [1.165, 1.54) is 17.4 Å². The first-order valence-corrected chi connectivity index (χ1v) is 4.83. The lowest BCUT2D eigenvalue weighted by atomic mass is 10.4. The molecule has 6 heteroatoms. The summed E-state index contributed by atoms with van der Waals surface area (Å²) < 4.78 is 15.3. The van der Waals surface area contributed by atoms with Crippen LogP contribution in [0.3, 0.4) is 0 Å². The standard InChI is InChI=1S/C7H6FN3S2/c1-11-6(9-10-7(11)12)5-4(8)2-3-13-5/h2-3H,1H3,(H,10,12). The molecule has 0 saturated heterocycles. The predicted octanol–water partition coefficient (Wildman–Crippen LogP) is 2.35. The quantitative estimate of drug-likeness (QED) is 0.741. The Kier molecular flexibility index (Phi) is 2.01. The zero-order chi connectivity index (χ0) is 9.42. The average molecular weight is 215 g/mol. The number of aromatic amines is 1. The summed E-state index contributed by atoms with van der Waals surface area (Å²) in [6.45, 7) is 0. The number of rotatable bonds is 1. The molecule has 2 aromatic rings. The molecule has 0 amide bonds. The van der Waals surface area contributed by atoms with Gasteiger partial charge in [0, 0.05) is 7.05 Å². The van der Waals surface area contributed by atoms with Crippen LogP contribution >= 0.6 is 23.6 Å². The molecule has 2 rings (SSSR count). The Morgan fingerprint density at radius 2 is 2.46 bits per heavy atom. The van der Waals surface area contributed by atoms with Crippen LogP contribution in [0.1, 0.15) is 0 Å². The fraction of sp³-hybridized carbons (Fsp3) is 0.143. The molecular weight excluding hydrogens is 209 g/mol. The highest BCUT2D eigenvalue weighted by Crippen LogP contribution is 2.25. The van der Waals surface area contributed by atoms with Crippen LogP contribution in [-0.2, 0) is 7.05 Å². The topological polar surface area (TPSA) is 33.6 Å². The van der Waals surface area contributed by atoms with Crippen molar-refractivity contribution in [3.8, 4) is 10.7 Å². The van der Waals surface area contributed by atoms with Crippen molar-refractivity contribution in [2.75, 3.05) is 0 Å². The van der Waals surface area contributed by atoms with Gasteiger partial charge in [-0.1, -0.05) is 0 Å². The van der Waals surface area contributed by atoms with Crippen LogP contribution in [0, 0.1) is 10.6 Å². The Bertz CT molecular complexity index is 482. The molecule has 2 aromatic heterocycles. The molecule has 1 N–H and O–H groups in total. The molecule has 0 aliphatic heterocycles. The number of nitrogens with zero attached hydrogens (tertiary/aromatic N) is 2. The highest BCUT2D eigenvalue weighted by Gasteiger charge is 2.11. The van der Waals surface area contributed by atoms with Crippen LogP contribution in [0.4, 0.5) is 4.39 Å². The summed E-state index contributed by atoms with van der Waals surface area (Å²) in [5.74, 6) is 0.277. The molecule has 13 heavy (non-hydrogen) atoms. The van der Waals surface area contributed by atoms with Crippen molar-refractivity contribution in [3.05, 3.63) is 22.0 Å². The third kappa shape index (κ3) is 1.31. The monoisotopic (exact) mass is 215 g/mol. The van der Waals surface area contributed by atoms with Gasteiger partial charge in [0.1, 0.15) is 10.7 Å². The van der Waals surface area contributed by atoms with Gasteiger partial charge in [-0.05, 0) is 23.7 Å². The second kappa shape index (κ2) is 3.04. The van der Waals surface area contributed by atoms with Crippen LogP contribution in [-0.4, -0.2) is 14.8 Å². The number of nitrogens with one attached hydrogen (secondary N) is 1. The summed E-state index contributed by atoms with van der Waals surface area (Å²) >= 11 is 6.22. The molecule has 0 spiro atoms. The van der Waals surface area contributed by atoms with Gasteiger partial charge in [-0.25, -0.2) is 4.39 Å². The van der Waals surface area contributed by atoms with Crippen LogP contribution < -0.4 is 0 Å². The number of halogens is 1. The minimum Gasteiger partial charge on any atom is -0.303 e. The van der Waals surface area contributed by atoms with Gasteiger partial charge in [0.25, 0.3) is 0 Å². The molecule has 0 saturated carbocycles. The van der Waals surface area contributed by atoms with E-state index < -0.39 is 0 Å². The van der Waals surface area contributed by atoms with Gasteiger partial charge in [-0.15, -0.1) is 11.3 Å². The molecule has 68 valence electrons. The molecule has 0 aliphatic carbocycles. The minimum atomic E-state index is -0.262. The van der Waals surface area contributed by atoms with Gasteiger partial charge in [-0.3, -0.25) is 5.10 Å². The van der Waals surface area contributed by atoms with E-state index >= 15 is 0 Å². The molecule has 3 nitrogen and oxygen atoms in total. The zero-order valence-electron chi connectivity index (χ0n) is 6.74. The van der Waals surface area contributed by atoms with Crippen LogP contribution in [0.25, 0.3) is 10.7 Å². The Morgan fingerprint density at radius 3 is 2.92 bits per heavy atom. The summed E-state index contributed by atoms with van der Waals surface area (Å²) in [4.78, 5) is 0.509. The van der Waals surface area contributed by atoms with E-state index in [1.807, 2.05) is 0 Å². The first-order chi connectivity index (χ1) is 6.20. The Labute approximate surface area is 82.8 Å². The summed E-state index contributed by atoms with van der Waals surface area (Å²) in [6, 6.07) is 1.41. The third-order valence-corrected chi connectivity index (χ3v) is 2.95. The lowest BCUT2D eigenvalue weighted by Crippen LogP contribution is -1.91. The molecule has 0 aromatic carbocycles. The average Bonchev–Trinajstić information content (AvgIpc) is 2.62. The number of thiophene rings is 1. The highest BCUT2D eigenvalue weighted by molar-refractivity contribution is 7.71. The second-order valence-corrected chi connectivity index (χ2v) is 3.81. The van der Waals surface area contributed by atoms with Crippen LogP contribution in [0.15, 0.2) is 11.4 Å². The summed E-state index contributed by atoms with van der Waals surface area (Å²) in [5.41, 5.74) is 0. The van der Waals surface area contributed by atoms with Gasteiger partial charge >= 0.3 is 0 Å². The van der Waals surface area contributed by atoms with E-state index in [9.17, 15) is 4.39 Å². The summed E-state index contributed by atoms with van der Waals surface area (Å²) in [6.07, 6.45) is 0. The van der Waals surface area contributed by atoms with Crippen molar-refractivity contribution >= 4 is 23.6 Å². The zero-order valence-corrected chi connectivity index (χ0v) is 8.38. The third-order valence-electron chi connectivity index (χ3n) is 1.70. The number of aromatic nitrogens is 3. The Balaban J connectivity index is 2.65. The molecule has 0 bridgehead atoms. The normalized spacial score (nSPS) is 10.6. The van der Waals surface area contributed by atoms with E-state index in [0.717, 1.165) is 0 Å². The highest BCUT2D eigenvalue weighted by atomic mass is 32.1. The lowest BCUT2D eigenvalue weighted by molar-refractivity contribution is 0.634. The van der Waals surface area contributed by atoms with Gasteiger partial charge in [0.15, 0.2) is 10.6 Å². The van der Waals surface area contributed by atoms with Crippen LogP contribution in [0.2, 0.25) is 0 Å². The van der Waals surface area contributed by atoms with E-state index in [0.29, 0.717) is 15.5 Å². The van der Waals surface area contributed by atoms with Crippen molar-refractivity contribution in [2.24, 2.45) is 7.05 Å². The van der Waals surface area contributed by atoms with E-state index in [1.54, 1.807) is 17.0 Å². The molecule has 0 unspecified atom stereocenters. The van der Waals surface area contributed by atoms with Gasteiger partial charge in [-0.2, -0.15) is 5.10 Å². The van der Waals surface area contributed by atoms with Crippen molar-refractivity contribution in [1.82, 2.24) is 14.8 Å². The number of H-pyrrole nitrogens is 1. The molecule has 2 heterocycles. The largest absolute Gasteiger partial charge is 0.303 e. The van der Waals surface area contributed by atoms with E-state index in [-0.39, 0.29) is 5.82 Å². The summed E-state index contributed by atoms with van der Waals surface area (Å²) in [5, 5.41) is 8.23. The minimum absolute atomic E-state index is 0.262. The van der Waals surface area contributed by atoms with Crippen molar-refractivity contribution in [3.63, 3.8) is 0 Å². The fourth-order valence-corrected chi connectivity index (χ4v) is 1.93. The number of hydrogen-bond donors (Lipinski definition) is 1. The van der Waals surface area contributed by atoms with E-state index in [2.05, 4.69) is 10.2 Å². The SMILES string of the molecule is Cn1c(-c2sccc2F)n[nH]c1=S. The number of hydrogen-bond acceptors (Lipinski definition) is 3. The Hall–Kier alpha value is -1.01. The molecule has 0 radical (unpaired) electrons. The van der Waals surface area contributed by atoms with Gasteiger partial charge < -0.3 is 4.57 Å². The second-order valence-electron chi connectivity index (χ2n) is 2.51. The molecular formula is C7H6FN3S2. The van der Waals surface area contributed by atoms with E-state index in [4.69, 9.17) is 12.2 Å². The lowest BCUT2D eigenvalue weighted by Gasteiger charge is -1.95. The molecule has 0 fully saturated rings. The smallest absolute Gasteiger partial charge is 0.195 e. The first-order valence-electron chi connectivity index (χ1n) is 3.55. The Morgan fingerprint density at radius 1 is 1.69 bits per heavy atom. The maximum Gasteiger partial charge on any atom is 0.195 e. The van der Waals surface area contributed by atoms with Crippen molar-refractivity contribution in [1.29, 1.82) is 0 Å². The molecule has 0 aliphatic rings. The molecule has 0 atom stereocenters. The maximum absolute atomic E-state index is 13.1. The first kappa shape index (κ1) is 8.58.